The van der Waals surface area contributed by atoms with Gasteiger partial charge in [-0.05, 0) is 36.8 Å². The smallest absolute Gasteiger partial charge is 0.307 e. The summed E-state index contributed by atoms with van der Waals surface area (Å²) >= 11 is 1.70. The van der Waals surface area contributed by atoms with Gasteiger partial charge in [-0.15, -0.1) is 11.8 Å². The molecule has 2 aromatic rings. The lowest BCUT2D eigenvalue weighted by molar-refractivity contribution is -0.136. The van der Waals surface area contributed by atoms with Gasteiger partial charge in [-0.3, -0.25) is 9.78 Å². The number of hydrogen-bond acceptors (Lipinski definition) is 3. The summed E-state index contributed by atoms with van der Waals surface area (Å²) in [5.74, 6) is 0.0179. The van der Waals surface area contributed by atoms with Gasteiger partial charge in [0.25, 0.3) is 0 Å². The molecule has 1 N–H and O–H groups in total. The molecule has 0 aliphatic carbocycles. The molecule has 0 saturated heterocycles. The van der Waals surface area contributed by atoms with Gasteiger partial charge in [-0.2, -0.15) is 0 Å². The Morgan fingerprint density at radius 1 is 1.21 bits per heavy atom. The van der Waals surface area contributed by atoms with E-state index in [0.29, 0.717) is 0 Å². The summed E-state index contributed by atoms with van der Waals surface area (Å²) in [6.45, 7) is 1.98. The zero-order valence-electron chi connectivity index (χ0n) is 10.7. The second kappa shape index (κ2) is 6.38. The number of carboxylic acid groups (broad SMARTS) is 1. The molecule has 0 saturated carbocycles. The first kappa shape index (κ1) is 13.6. The van der Waals surface area contributed by atoms with Crippen molar-refractivity contribution in [3.8, 4) is 0 Å². The highest BCUT2D eigenvalue weighted by molar-refractivity contribution is 7.98. The molecule has 0 aliphatic rings. The van der Waals surface area contributed by atoms with Crippen LogP contribution in [-0.4, -0.2) is 16.1 Å². The topological polar surface area (TPSA) is 50.2 Å². The van der Waals surface area contributed by atoms with Crippen molar-refractivity contribution in [1.29, 1.82) is 0 Å². The molecule has 1 aromatic carbocycles. The van der Waals surface area contributed by atoms with Crippen molar-refractivity contribution in [3.63, 3.8) is 0 Å². The van der Waals surface area contributed by atoms with Crippen molar-refractivity contribution < 1.29 is 9.90 Å². The van der Waals surface area contributed by atoms with Crippen molar-refractivity contribution in [3.05, 3.63) is 59.4 Å². The summed E-state index contributed by atoms with van der Waals surface area (Å²) in [4.78, 5) is 16.2. The molecule has 0 spiro atoms. The van der Waals surface area contributed by atoms with Crippen molar-refractivity contribution in [1.82, 2.24) is 4.98 Å². The maximum atomic E-state index is 10.6. The monoisotopic (exact) mass is 273 g/mol. The Morgan fingerprint density at radius 2 is 1.95 bits per heavy atom. The van der Waals surface area contributed by atoms with Crippen LogP contribution in [0.1, 0.15) is 17.0 Å². The van der Waals surface area contributed by atoms with Gasteiger partial charge in [0, 0.05) is 16.3 Å². The van der Waals surface area contributed by atoms with Crippen LogP contribution in [0.2, 0.25) is 0 Å². The number of nitrogens with zero attached hydrogens (tertiary/aromatic N) is 1. The Hall–Kier alpha value is -1.81. The zero-order valence-corrected chi connectivity index (χ0v) is 11.5. The number of thioether (sulfide) groups is 1. The molecule has 98 valence electrons. The third-order valence-corrected chi connectivity index (χ3v) is 3.66. The van der Waals surface area contributed by atoms with Gasteiger partial charge in [0.05, 0.1) is 12.1 Å². The molecule has 3 nitrogen and oxygen atoms in total. The molecular formula is C15H15NO2S. The molecule has 19 heavy (non-hydrogen) atoms. The van der Waals surface area contributed by atoms with Gasteiger partial charge in [-0.25, -0.2) is 0 Å². The maximum absolute atomic E-state index is 10.6. The normalized spacial score (nSPS) is 10.4. The van der Waals surface area contributed by atoms with E-state index in [2.05, 4.69) is 4.98 Å². The molecule has 1 heterocycles. The summed E-state index contributed by atoms with van der Waals surface area (Å²) < 4.78 is 0. The minimum atomic E-state index is -0.802. The van der Waals surface area contributed by atoms with Gasteiger partial charge in [-0.1, -0.05) is 18.2 Å². The first-order valence-electron chi connectivity index (χ1n) is 5.99. The van der Waals surface area contributed by atoms with Gasteiger partial charge in [0.1, 0.15) is 0 Å². The quantitative estimate of drug-likeness (QED) is 0.849. The lowest BCUT2D eigenvalue weighted by Crippen LogP contribution is -1.99. The number of aryl methyl sites for hydroxylation is 1. The zero-order chi connectivity index (χ0) is 13.7. The van der Waals surface area contributed by atoms with Gasteiger partial charge in [0.15, 0.2) is 0 Å². The van der Waals surface area contributed by atoms with Gasteiger partial charge in [0.2, 0.25) is 0 Å². The first-order chi connectivity index (χ1) is 9.13. The standard InChI is InChI=1S/C15H15NO2S/c1-11-3-2-4-13(16-11)10-19-14-7-5-12(6-8-14)9-15(17)18/h2-8H,9-10H2,1H3,(H,17,18). The molecule has 4 heteroatoms. The summed E-state index contributed by atoms with van der Waals surface area (Å²) in [7, 11) is 0. The molecule has 0 fully saturated rings. The van der Waals surface area contributed by atoms with Crippen LogP contribution in [0.5, 0.6) is 0 Å². The van der Waals surface area contributed by atoms with Crippen LogP contribution in [0.4, 0.5) is 0 Å². The van der Waals surface area contributed by atoms with Crippen LogP contribution in [0.25, 0.3) is 0 Å². The Bertz CT molecular complexity index is 567. The van der Waals surface area contributed by atoms with E-state index in [-0.39, 0.29) is 6.42 Å². The summed E-state index contributed by atoms with van der Waals surface area (Å²) in [5.41, 5.74) is 2.90. The van der Waals surface area contributed by atoms with E-state index < -0.39 is 5.97 Å². The summed E-state index contributed by atoms with van der Waals surface area (Å²) in [6.07, 6.45) is 0.0738. The maximum Gasteiger partial charge on any atom is 0.307 e. The van der Waals surface area contributed by atoms with E-state index in [1.54, 1.807) is 11.8 Å². The molecular weight excluding hydrogens is 258 g/mol. The van der Waals surface area contributed by atoms with Crippen LogP contribution >= 0.6 is 11.8 Å². The summed E-state index contributed by atoms with van der Waals surface area (Å²) in [6, 6.07) is 13.6. The minimum absolute atomic E-state index is 0.0738. The fourth-order valence-electron chi connectivity index (χ4n) is 1.72. The van der Waals surface area contributed by atoms with E-state index in [9.17, 15) is 4.79 Å². The number of aromatic nitrogens is 1. The van der Waals surface area contributed by atoms with Crippen molar-refractivity contribution in [2.45, 2.75) is 24.0 Å². The third kappa shape index (κ3) is 4.41. The SMILES string of the molecule is Cc1cccc(CSc2ccc(CC(=O)O)cc2)n1. The molecule has 0 radical (unpaired) electrons. The van der Waals surface area contributed by atoms with E-state index in [4.69, 9.17) is 5.11 Å². The number of carbonyl (C=O) groups is 1. The first-order valence-corrected chi connectivity index (χ1v) is 6.98. The minimum Gasteiger partial charge on any atom is -0.481 e. The van der Waals surface area contributed by atoms with E-state index in [0.717, 1.165) is 27.6 Å². The van der Waals surface area contributed by atoms with Crippen LogP contribution in [0, 0.1) is 6.92 Å². The summed E-state index contributed by atoms with van der Waals surface area (Å²) in [5, 5.41) is 8.70. The molecule has 0 aliphatic heterocycles. The highest BCUT2D eigenvalue weighted by atomic mass is 32.2. The van der Waals surface area contributed by atoms with Crippen LogP contribution in [0.15, 0.2) is 47.4 Å². The van der Waals surface area contributed by atoms with Gasteiger partial charge >= 0.3 is 5.97 Å². The van der Waals surface area contributed by atoms with E-state index in [1.807, 2.05) is 49.4 Å². The van der Waals surface area contributed by atoms with Gasteiger partial charge < -0.3 is 5.11 Å². The molecule has 0 unspecified atom stereocenters. The lowest BCUT2D eigenvalue weighted by atomic mass is 10.2. The number of benzene rings is 1. The average molecular weight is 273 g/mol. The number of pyridine rings is 1. The number of carboxylic acids is 1. The van der Waals surface area contributed by atoms with Crippen molar-refractivity contribution in [2.24, 2.45) is 0 Å². The largest absolute Gasteiger partial charge is 0.481 e. The number of rotatable bonds is 5. The fourth-order valence-corrected chi connectivity index (χ4v) is 2.52. The van der Waals surface area contributed by atoms with E-state index >= 15 is 0 Å². The second-order valence-corrected chi connectivity index (χ2v) is 5.32. The molecule has 2 rings (SSSR count). The predicted octanol–water partition coefficient (Wildman–Crippen LogP) is 3.31. The highest BCUT2D eigenvalue weighted by Crippen LogP contribution is 2.22. The fraction of sp³-hybridized carbons (Fsp3) is 0.200. The number of aliphatic carboxylic acids is 1. The molecule has 0 amide bonds. The Labute approximate surface area is 116 Å². The van der Waals surface area contributed by atoms with E-state index in [1.165, 1.54) is 0 Å². The van der Waals surface area contributed by atoms with Crippen molar-refractivity contribution in [2.75, 3.05) is 0 Å². The number of hydrogen-bond donors (Lipinski definition) is 1. The predicted molar refractivity (Wildman–Crippen MR) is 76.3 cm³/mol. The Balaban J connectivity index is 1.94. The second-order valence-electron chi connectivity index (χ2n) is 4.27. The van der Waals surface area contributed by atoms with Crippen LogP contribution < -0.4 is 0 Å². The molecule has 1 aromatic heterocycles. The van der Waals surface area contributed by atoms with Crippen LogP contribution in [-0.2, 0) is 17.0 Å². The highest BCUT2D eigenvalue weighted by Gasteiger charge is 2.01. The third-order valence-electron chi connectivity index (χ3n) is 2.61. The Morgan fingerprint density at radius 3 is 2.58 bits per heavy atom. The lowest BCUT2D eigenvalue weighted by Gasteiger charge is -2.03. The average Bonchev–Trinajstić information content (AvgIpc) is 2.37. The van der Waals surface area contributed by atoms with Crippen LogP contribution in [0.3, 0.4) is 0 Å². The Kier molecular flexibility index (Phi) is 4.58. The van der Waals surface area contributed by atoms with Crippen molar-refractivity contribution >= 4 is 17.7 Å². The molecule has 0 atom stereocenters. The molecule has 0 bridgehead atoms.